The van der Waals surface area contributed by atoms with E-state index in [-0.39, 0.29) is 11.9 Å². The molecule has 1 aliphatic heterocycles. The molecule has 0 aromatic rings. The third-order valence-corrected chi connectivity index (χ3v) is 5.21. The van der Waals surface area contributed by atoms with E-state index in [0.29, 0.717) is 25.1 Å². The Morgan fingerprint density at radius 2 is 1.76 bits per heavy atom. The third kappa shape index (κ3) is 7.76. The lowest BCUT2D eigenvalue weighted by Gasteiger charge is -2.40. The fourth-order valence-corrected chi connectivity index (χ4v) is 3.96. The van der Waals surface area contributed by atoms with Gasteiger partial charge in [0.25, 0.3) is 0 Å². The monoisotopic (exact) mass is 354 g/mol. The normalized spacial score (nSPS) is 21.5. The summed E-state index contributed by atoms with van der Waals surface area (Å²) in [6.45, 7) is 10.8. The van der Waals surface area contributed by atoms with Gasteiger partial charge in [-0.1, -0.05) is 33.1 Å². The van der Waals surface area contributed by atoms with Crippen molar-refractivity contribution in [1.29, 1.82) is 0 Å². The molecule has 1 heterocycles. The zero-order chi connectivity index (χ0) is 18.7. The van der Waals surface area contributed by atoms with Crippen molar-refractivity contribution in [2.45, 2.75) is 78.7 Å². The summed E-state index contributed by atoms with van der Waals surface area (Å²) in [5.74, 6) is 0.692. The molecule has 5 nitrogen and oxygen atoms in total. The zero-order valence-corrected chi connectivity index (χ0v) is 16.8. The number of ether oxygens (including phenoxy) is 1. The van der Waals surface area contributed by atoms with Gasteiger partial charge in [0.2, 0.25) is 5.91 Å². The second kappa shape index (κ2) is 12.3. The van der Waals surface area contributed by atoms with Crippen LogP contribution in [0.15, 0.2) is 0 Å². The number of rotatable bonds is 6. The van der Waals surface area contributed by atoms with Crippen LogP contribution in [0.25, 0.3) is 0 Å². The second-order valence-electron chi connectivity index (χ2n) is 7.00. The molecule has 0 N–H and O–H groups in total. The van der Waals surface area contributed by atoms with Gasteiger partial charge in [-0.3, -0.25) is 14.5 Å². The van der Waals surface area contributed by atoms with Gasteiger partial charge in [-0.15, -0.1) is 0 Å². The van der Waals surface area contributed by atoms with Crippen LogP contribution in [-0.4, -0.2) is 60.5 Å². The molecule has 1 saturated heterocycles. The summed E-state index contributed by atoms with van der Waals surface area (Å²) in [6.07, 6.45) is 8.58. The van der Waals surface area contributed by atoms with E-state index in [9.17, 15) is 9.59 Å². The van der Waals surface area contributed by atoms with E-state index in [1.54, 1.807) is 6.92 Å². The number of likely N-dealkylation sites (tertiary alicyclic amines) is 1. The molecule has 0 aromatic heterocycles. The molecule has 0 radical (unpaired) electrons. The SMILES string of the molecule is CC.CCOC(=O)CN(CC1CCCCC1)C1CCCN(C(C)=O)C1. The summed E-state index contributed by atoms with van der Waals surface area (Å²) < 4.78 is 5.17. The third-order valence-electron chi connectivity index (χ3n) is 5.21. The molecule has 0 bridgehead atoms. The molecule has 1 aliphatic carbocycles. The maximum Gasteiger partial charge on any atom is 0.320 e. The van der Waals surface area contributed by atoms with Crippen molar-refractivity contribution in [1.82, 2.24) is 9.80 Å². The van der Waals surface area contributed by atoms with E-state index < -0.39 is 0 Å². The van der Waals surface area contributed by atoms with Crippen molar-refractivity contribution in [3.05, 3.63) is 0 Å². The number of hydrogen-bond acceptors (Lipinski definition) is 4. The molecule has 5 heteroatoms. The van der Waals surface area contributed by atoms with Gasteiger partial charge >= 0.3 is 5.97 Å². The Kier molecular flexibility index (Phi) is 10.8. The van der Waals surface area contributed by atoms with Crippen LogP contribution in [0.4, 0.5) is 0 Å². The highest BCUT2D eigenvalue weighted by atomic mass is 16.5. The van der Waals surface area contributed by atoms with E-state index in [1.807, 2.05) is 25.7 Å². The maximum absolute atomic E-state index is 12.0. The molecule has 2 aliphatic rings. The molecule has 2 fully saturated rings. The lowest BCUT2D eigenvalue weighted by Crippen LogP contribution is -2.52. The lowest BCUT2D eigenvalue weighted by atomic mass is 9.88. The molecule has 1 saturated carbocycles. The average Bonchev–Trinajstić information content (AvgIpc) is 2.64. The van der Waals surface area contributed by atoms with Gasteiger partial charge < -0.3 is 9.64 Å². The summed E-state index contributed by atoms with van der Waals surface area (Å²) >= 11 is 0. The minimum atomic E-state index is -0.136. The van der Waals surface area contributed by atoms with Crippen LogP contribution < -0.4 is 0 Å². The molecular weight excluding hydrogens is 316 g/mol. The standard InChI is InChI=1S/C18H32N2O3.C2H6/c1-3-23-18(22)14-20(12-16-8-5-4-6-9-16)17-10-7-11-19(13-17)15(2)21;1-2/h16-17H,3-14H2,1-2H3;1-2H3. The largest absolute Gasteiger partial charge is 0.465 e. The minimum absolute atomic E-state index is 0.136. The smallest absolute Gasteiger partial charge is 0.320 e. The second-order valence-corrected chi connectivity index (χ2v) is 7.00. The number of carbonyl (C=O) groups is 2. The van der Waals surface area contributed by atoms with Gasteiger partial charge in [0, 0.05) is 32.6 Å². The first-order chi connectivity index (χ1) is 12.1. The summed E-state index contributed by atoms with van der Waals surface area (Å²) in [5.41, 5.74) is 0. The lowest BCUT2D eigenvalue weighted by molar-refractivity contribution is -0.145. The Labute approximate surface area is 154 Å². The first-order valence-corrected chi connectivity index (χ1v) is 10.2. The summed E-state index contributed by atoms with van der Waals surface area (Å²) in [6, 6.07) is 0.291. The van der Waals surface area contributed by atoms with Gasteiger partial charge in [-0.05, 0) is 38.5 Å². The number of amides is 1. The van der Waals surface area contributed by atoms with Crippen molar-refractivity contribution in [3.63, 3.8) is 0 Å². The Bertz CT molecular complexity index is 394. The fraction of sp³-hybridized carbons (Fsp3) is 0.900. The maximum atomic E-state index is 12.0. The highest BCUT2D eigenvalue weighted by molar-refractivity contribution is 5.73. The average molecular weight is 355 g/mol. The Morgan fingerprint density at radius 3 is 2.36 bits per heavy atom. The quantitative estimate of drug-likeness (QED) is 0.685. The van der Waals surface area contributed by atoms with Crippen LogP contribution in [-0.2, 0) is 14.3 Å². The fourth-order valence-electron chi connectivity index (χ4n) is 3.96. The van der Waals surface area contributed by atoms with E-state index in [1.165, 1.54) is 32.1 Å². The number of esters is 1. The number of carbonyl (C=O) groups excluding carboxylic acids is 2. The summed E-state index contributed by atoms with van der Waals surface area (Å²) in [7, 11) is 0. The molecule has 0 spiro atoms. The van der Waals surface area contributed by atoms with E-state index in [4.69, 9.17) is 4.74 Å². The Balaban J connectivity index is 0.00000151. The molecule has 1 unspecified atom stereocenters. The Hall–Kier alpha value is -1.10. The minimum Gasteiger partial charge on any atom is -0.465 e. The van der Waals surface area contributed by atoms with Crippen molar-refractivity contribution < 1.29 is 14.3 Å². The highest BCUT2D eigenvalue weighted by Gasteiger charge is 2.30. The van der Waals surface area contributed by atoms with Crippen molar-refractivity contribution in [2.75, 3.05) is 32.8 Å². The van der Waals surface area contributed by atoms with E-state index in [2.05, 4.69) is 4.90 Å². The number of piperidine rings is 1. The molecule has 1 amide bonds. The van der Waals surface area contributed by atoms with E-state index >= 15 is 0 Å². The summed E-state index contributed by atoms with van der Waals surface area (Å²) in [5, 5.41) is 0. The topological polar surface area (TPSA) is 49.9 Å². The molecule has 1 atom stereocenters. The molecule has 25 heavy (non-hydrogen) atoms. The van der Waals surface area contributed by atoms with Crippen molar-refractivity contribution in [2.24, 2.45) is 5.92 Å². The van der Waals surface area contributed by atoms with Crippen LogP contribution in [0, 0.1) is 5.92 Å². The first kappa shape index (κ1) is 21.9. The van der Waals surface area contributed by atoms with Crippen LogP contribution in [0.3, 0.4) is 0 Å². The first-order valence-electron chi connectivity index (χ1n) is 10.2. The molecular formula is C20H38N2O3. The van der Waals surface area contributed by atoms with Gasteiger partial charge in [0.15, 0.2) is 0 Å². The highest BCUT2D eigenvalue weighted by Crippen LogP contribution is 2.26. The van der Waals surface area contributed by atoms with Gasteiger partial charge in [-0.2, -0.15) is 0 Å². The Morgan fingerprint density at radius 1 is 1.08 bits per heavy atom. The van der Waals surface area contributed by atoms with Crippen molar-refractivity contribution in [3.8, 4) is 0 Å². The molecule has 2 rings (SSSR count). The van der Waals surface area contributed by atoms with Crippen molar-refractivity contribution >= 4 is 11.9 Å². The predicted molar refractivity (Wildman–Crippen MR) is 101 cm³/mol. The van der Waals surface area contributed by atoms with Gasteiger partial charge in [-0.25, -0.2) is 0 Å². The van der Waals surface area contributed by atoms with Crippen LogP contribution in [0.1, 0.15) is 72.6 Å². The predicted octanol–water partition coefficient (Wildman–Crippen LogP) is 3.47. The zero-order valence-electron chi connectivity index (χ0n) is 16.8. The van der Waals surface area contributed by atoms with Gasteiger partial charge in [0.1, 0.15) is 0 Å². The summed E-state index contributed by atoms with van der Waals surface area (Å²) in [4.78, 5) is 27.9. The van der Waals surface area contributed by atoms with Crippen LogP contribution in [0.5, 0.6) is 0 Å². The van der Waals surface area contributed by atoms with Crippen LogP contribution >= 0.6 is 0 Å². The molecule has 0 aromatic carbocycles. The number of nitrogens with zero attached hydrogens (tertiary/aromatic N) is 2. The van der Waals surface area contributed by atoms with Crippen LogP contribution in [0.2, 0.25) is 0 Å². The molecule has 146 valence electrons. The van der Waals surface area contributed by atoms with Gasteiger partial charge in [0.05, 0.1) is 13.2 Å². The number of hydrogen-bond donors (Lipinski definition) is 0. The van der Waals surface area contributed by atoms with E-state index in [0.717, 1.165) is 32.5 Å².